The van der Waals surface area contributed by atoms with Gasteiger partial charge in [0, 0.05) is 43.9 Å². The Morgan fingerprint density at radius 2 is 1.65 bits per heavy atom. The van der Waals surface area contributed by atoms with Gasteiger partial charge in [-0.25, -0.2) is 9.18 Å². The number of halogens is 1. The largest absolute Gasteiger partial charge is 0.497 e. The number of methoxy groups -OCH3 is 1. The van der Waals surface area contributed by atoms with Crippen LogP contribution in [0.4, 0.5) is 15.8 Å². The molecule has 1 aliphatic heterocycles. The van der Waals surface area contributed by atoms with E-state index in [1.807, 2.05) is 6.07 Å². The van der Waals surface area contributed by atoms with E-state index in [-0.39, 0.29) is 17.3 Å². The van der Waals surface area contributed by atoms with Crippen LogP contribution >= 0.6 is 0 Å². The number of aromatic carboxylic acids is 1. The summed E-state index contributed by atoms with van der Waals surface area (Å²) < 4.78 is 19.1. The second kappa shape index (κ2) is 10.4. The Kier molecular flexibility index (Phi) is 7.08. The number of carboxylic acid groups (broad SMARTS) is 1. The maximum atomic E-state index is 14.0. The number of piperazine rings is 1. The van der Waals surface area contributed by atoms with E-state index in [0.29, 0.717) is 55.3 Å². The number of benzene rings is 3. The Morgan fingerprint density at radius 1 is 0.971 bits per heavy atom. The number of hydrogen-bond acceptors (Lipinski definition) is 5. The lowest BCUT2D eigenvalue weighted by Crippen LogP contribution is -2.46. The summed E-state index contributed by atoms with van der Waals surface area (Å²) in [5, 5.41) is 12.3. The van der Waals surface area contributed by atoms with Crippen LogP contribution in [-0.2, 0) is 6.54 Å². The number of nitrogens with one attached hydrogen (secondary N) is 1. The van der Waals surface area contributed by atoms with Crippen molar-refractivity contribution in [2.45, 2.75) is 6.54 Å². The van der Waals surface area contributed by atoms with Gasteiger partial charge in [-0.3, -0.25) is 9.69 Å². The standard InChI is InChI=1S/C26H26FN3O4/c1-34-21-9-6-18(7-10-21)25(31)28-23-16-19(26(32)33)8-11-24(23)30-14-12-29(13-15-30)17-20-4-2-3-5-22(20)27/h2-11,16H,12-15,17H2,1H3,(H,28,31)(H,32,33). The molecule has 0 spiro atoms. The normalized spacial score (nSPS) is 14.0. The van der Waals surface area contributed by atoms with Gasteiger partial charge in [0.15, 0.2) is 0 Å². The summed E-state index contributed by atoms with van der Waals surface area (Å²) in [6.45, 7) is 3.26. The molecule has 1 aliphatic rings. The fraction of sp³-hybridized carbons (Fsp3) is 0.231. The Balaban J connectivity index is 1.49. The Morgan fingerprint density at radius 3 is 2.29 bits per heavy atom. The molecule has 4 rings (SSSR count). The number of carbonyl (C=O) groups is 2. The van der Waals surface area contributed by atoms with Crippen molar-refractivity contribution in [2.24, 2.45) is 0 Å². The van der Waals surface area contributed by atoms with Gasteiger partial charge >= 0.3 is 5.97 Å². The topological polar surface area (TPSA) is 82.1 Å². The fourth-order valence-electron chi connectivity index (χ4n) is 4.00. The van der Waals surface area contributed by atoms with Crippen molar-refractivity contribution in [1.82, 2.24) is 4.90 Å². The van der Waals surface area contributed by atoms with Crippen molar-refractivity contribution in [3.8, 4) is 5.75 Å². The van der Waals surface area contributed by atoms with Crippen LogP contribution in [0.2, 0.25) is 0 Å². The van der Waals surface area contributed by atoms with E-state index < -0.39 is 5.97 Å². The van der Waals surface area contributed by atoms with E-state index in [1.54, 1.807) is 49.6 Å². The maximum absolute atomic E-state index is 14.0. The Hall–Kier alpha value is -3.91. The first kappa shape index (κ1) is 23.3. The van der Waals surface area contributed by atoms with E-state index in [9.17, 15) is 19.1 Å². The highest BCUT2D eigenvalue weighted by Crippen LogP contribution is 2.29. The zero-order chi connectivity index (χ0) is 24.1. The molecule has 3 aromatic carbocycles. The minimum Gasteiger partial charge on any atom is -0.497 e. The summed E-state index contributed by atoms with van der Waals surface area (Å²) in [4.78, 5) is 28.7. The van der Waals surface area contributed by atoms with Gasteiger partial charge in [-0.2, -0.15) is 0 Å². The van der Waals surface area contributed by atoms with Crippen LogP contribution in [0.5, 0.6) is 5.75 Å². The molecular formula is C26H26FN3O4. The lowest BCUT2D eigenvalue weighted by molar-refractivity contribution is 0.0696. The molecule has 8 heteroatoms. The van der Waals surface area contributed by atoms with Crippen molar-refractivity contribution in [3.05, 3.63) is 89.2 Å². The third-order valence-corrected chi connectivity index (χ3v) is 5.91. The summed E-state index contributed by atoms with van der Waals surface area (Å²) in [6, 6.07) is 18.2. The summed E-state index contributed by atoms with van der Waals surface area (Å²) in [5.41, 5.74) is 2.36. The molecule has 0 atom stereocenters. The highest BCUT2D eigenvalue weighted by molar-refractivity contribution is 6.06. The van der Waals surface area contributed by atoms with Crippen LogP contribution in [0.3, 0.4) is 0 Å². The van der Waals surface area contributed by atoms with Gasteiger partial charge in [-0.05, 0) is 48.5 Å². The molecule has 176 valence electrons. The van der Waals surface area contributed by atoms with Gasteiger partial charge in [-0.1, -0.05) is 18.2 Å². The minimum atomic E-state index is -1.07. The van der Waals surface area contributed by atoms with Crippen LogP contribution in [0, 0.1) is 5.82 Å². The molecule has 1 fully saturated rings. The Labute approximate surface area is 197 Å². The average molecular weight is 464 g/mol. The van der Waals surface area contributed by atoms with E-state index in [4.69, 9.17) is 4.74 Å². The number of carbonyl (C=O) groups excluding carboxylic acids is 1. The third kappa shape index (κ3) is 5.35. The van der Waals surface area contributed by atoms with E-state index in [1.165, 1.54) is 18.2 Å². The van der Waals surface area contributed by atoms with Gasteiger partial charge in [0.1, 0.15) is 11.6 Å². The number of ether oxygens (including phenoxy) is 1. The number of carboxylic acids is 1. The van der Waals surface area contributed by atoms with Crippen LogP contribution in [0.1, 0.15) is 26.3 Å². The van der Waals surface area contributed by atoms with E-state index in [2.05, 4.69) is 15.1 Å². The monoisotopic (exact) mass is 463 g/mol. The molecule has 0 bridgehead atoms. The molecule has 0 saturated carbocycles. The molecule has 0 unspecified atom stereocenters. The minimum absolute atomic E-state index is 0.0898. The third-order valence-electron chi connectivity index (χ3n) is 5.91. The second-order valence-corrected chi connectivity index (χ2v) is 8.07. The molecule has 1 amide bonds. The number of hydrogen-bond donors (Lipinski definition) is 2. The van der Waals surface area contributed by atoms with Crippen molar-refractivity contribution in [2.75, 3.05) is 43.5 Å². The lowest BCUT2D eigenvalue weighted by atomic mass is 10.1. The molecule has 2 N–H and O–H groups in total. The Bertz CT molecular complexity index is 1170. The van der Waals surface area contributed by atoms with Crippen LogP contribution in [0.15, 0.2) is 66.7 Å². The summed E-state index contributed by atoms with van der Waals surface area (Å²) >= 11 is 0. The number of rotatable bonds is 7. The predicted octanol–water partition coefficient (Wildman–Crippen LogP) is 4.11. The number of amides is 1. The molecular weight excluding hydrogens is 437 g/mol. The highest BCUT2D eigenvalue weighted by atomic mass is 19.1. The molecule has 1 heterocycles. The average Bonchev–Trinajstić information content (AvgIpc) is 2.86. The quantitative estimate of drug-likeness (QED) is 0.549. The summed E-state index contributed by atoms with van der Waals surface area (Å²) in [7, 11) is 1.55. The maximum Gasteiger partial charge on any atom is 0.335 e. The molecule has 34 heavy (non-hydrogen) atoms. The van der Waals surface area contributed by atoms with Crippen molar-refractivity contribution >= 4 is 23.3 Å². The zero-order valence-electron chi connectivity index (χ0n) is 18.8. The van der Waals surface area contributed by atoms with Crippen LogP contribution < -0.4 is 15.0 Å². The molecule has 0 aliphatic carbocycles. The van der Waals surface area contributed by atoms with Gasteiger partial charge in [-0.15, -0.1) is 0 Å². The predicted molar refractivity (Wildman–Crippen MR) is 128 cm³/mol. The zero-order valence-corrected chi connectivity index (χ0v) is 18.8. The first-order valence-electron chi connectivity index (χ1n) is 11.0. The van der Waals surface area contributed by atoms with Crippen LogP contribution in [0.25, 0.3) is 0 Å². The van der Waals surface area contributed by atoms with Crippen LogP contribution in [-0.4, -0.2) is 55.2 Å². The highest BCUT2D eigenvalue weighted by Gasteiger charge is 2.22. The smallest absolute Gasteiger partial charge is 0.335 e. The van der Waals surface area contributed by atoms with Gasteiger partial charge < -0.3 is 20.1 Å². The van der Waals surface area contributed by atoms with E-state index >= 15 is 0 Å². The fourth-order valence-corrected chi connectivity index (χ4v) is 4.00. The molecule has 1 saturated heterocycles. The second-order valence-electron chi connectivity index (χ2n) is 8.07. The SMILES string of the molecule is COc1ccc(C(=O)Nc2cc(C(=O)O)ccc2N2CCN(Cc3ccccc3F)CC2)cc1. The molecule has 0 radical (unpaired) electrons. The van der Waals surface area contributed by atoms with Gasteiger partial charge in [0.05, 0.1) is 24.0 Å². The summed E-state index contributed by atoms with van der Waals surface area (Å²) in [6.07, 6.45) is 0. The first-order valence-corrected chi connectivity index (χ1v) is 11.0. The summed E-state index contributed by atoms with van der Waals surface area (Å²) in [5.74, 6) is -0.984. The molecule has 7 nitrogen and oxygen atoms in total. The molecule has 0 aromatic heterocycles. The van der Waals surface area contributed by atoms with Gasteiger partial charge in [0.25, 0.3) is 5.91 Å². The van der Waals surface area contributed by atoms with Crippen molar-refractivity contribution in [1.29, 1.82) is 0 Å². The van der Waals surface area contributed by atoms with E-state index in [0.717, 1.165) is 5.69 Å². The van der Waals surface area contributed by atoms with Crippen molar-refractivity contribution < 1.29 is 23.8 Å². The lowest BCUT2D eigenvalue weighted by Gasteiger charge is -2.37. The first-order chi connectivity index (χ1) is 16.4. The van der Waals surface area contributed by atoms with Crippen molar-refractivity contribution in [3.63, 3.8) is 0 Å². The number of nitrogens with zero attached hydrogens (tertiary/aromatic N) is 2. The molecule has 3 aromatic rings. The van der Waals surface area contributed by atoms with Gasteiger partial charge in [0.2, 0.25) is 0 Å². The number of anilines is 2.